The molecule has 0 bridgehead atoms. The summed E-state index contributed by atoms with van der Waals surface area (Å²) < 4.78 is 6.47. The molecule has 0 radical (unpaired) electrons. The van der Waals surface area contributed by atoms with E-state index in [0.717, 1.165) is 24.7 Å². The molecule has 1 aromatic heterocycles. The monoisotopic (exact) mass is 292 g/mol. The van der Waals surface area contributed by atoms with Gasteiger partial charge in [-0.3, -0.25) is 0 Å². The summed E-state index contributed by atoms with van der Waals surface area (Å²) in [5.41, 5.74) is 1.00. The van der Waals surface area contributed by atoms with Gasteiger partial charge in [0.25, 0.3) is 0 Å². The third-order valence-corrected chi connectivity index (χ3v) is 3.66. The Morgan fingerprint density at radius 1 is 1.31 bits per heavy atom. The first-order valence-electron chi connectivity index (χ1n) is 4.66. The Hall–Kier alpha value is -0.260. The van der Waals surface area contributed by atoms with Gasteiger partial charge in [-0.2, -0.15) is 0 Å². The van der Waals surface area contributed by atoms with Crippen LogP contribution in [0.3, 0.4) is 0 Å². The molecule has 2 rings (SSSR count). The van der Waals surface area contributed by atoms with Crippen molar-refractivity contribution in [2.24, 2.45) is 0 Å². The van der Waals surface area contributed by atoms with Crippen LogP contribution in [0.15, 0.2) is 4.52 Å². The summed E-state index contributed by atoms with van der Waals surface area (Å²) in [7, 11) is 0. The van der Waals surface area contributed by atoms with Crippen LogP contribution in [0.1, 0.15) is 25.0 Å². The highest BCUT2D eigenvalue weighted by molar-refractivity contribution is 14.1. The first-order valence-corrected chi connectivity index (χ1v) is 5.73. The maximum absolute atomic E-state index is 5.30. The highest BCUT2D eigenvalue weighted by Crippen LogP contribution is 2.27. The molecule has 2 heterocycles. The topological polar surface area (TPSA) is 29.3 Å². The van der Waals surface area contributed by atoms with Crippen LogP contribution in [0.25, 0.3) is 0 Å². The van der Waals surface area contributed by atoms with Crippen molar-refractivity contribution in [3.8, 4) is 0 Å². The highest BCUT2D eigenvalue weighted by atomic mass is 127. The quantitative estimate of drug-likeness (QED) is 0.745. The molecule has 72 valence electrons. The summed E-state index contributed by atoms with van der Waals surface area (Å²) in [6.07, 6.45) is 3.89. The zero-order valence-electron chi connectivity index (χ0n) is 7.72. The Kier molecular flexibility index (Phi) is 2.76. The van der Waals surface area contributed by atoms with Gasteiger partial charge >= 0.3 is 0 Å². The Labute approximate surface area is 91.6 Å². The first-order chi connectivity index (χ1) is 6.29. The van der Waals surface area contributed by atoms with Gasteiger partial charge in [0.1, 0.15) is 3.57 Å². The number of halogens is 1. The molecule has 1 aliphatic rings. The maximum atomic E-state index is 5.30. The van der Waals surface area contributed by atoms with Gasteiger partial charge in [-0.1, -0.05) is 5.16 Å². The lowest BCUT2D eigenvalue weighted by molar-refractivity contribution is 0.400. The Morgan fingerprint density at radius 3 is 2.54 bits per heavy atom. The molecular formula is C9H13IN2O. The van der Waals surface area contributed by atoms with Crippen LogP contribution in [0.2, 0.25) is 0 Å². The summed E-state index contributed by atoms with van der Waals surface area (Å²) in [4.78, 5) is 2.30. The lowest BCUT2D eigenvalue weighted by atomic mass is 10.1. The van der Waals surface area contributed by atoms with E-state index in [1.54, 1.807) is 0 Å². The van der Waals surface area contributed by atoms with Crippen molar-refractivity contribution in [2.45, 2.75) is 26.2 Å². The van der Waals surface area contributed by atoms with E-state index in [0.29, 0.717) is 0 Å². The summed E-state index contributed by atoms with van der Waals surface area (Å²) in [6.45, 7) is 4.22. The fraction of sp³-hybridized carbons (Fsp3) is 0.667. The number of aromatic nitrogens is 1. The van der Waals surface area contributed by atoms with Gasteiger partial charge in [-0.25, -0.2) is 0 Å². The van der Waals surface area contributed by atoms with Crippen LogP contribution in [-0.4, -0.2) is 18.2 Å². The average Bonchev–Trinajstić information content (AvgIpc) is 2.49. The molecule has 0 amide bonds. The van der Waals surface area contributed by atoms with Crippen LogP contribution >= 0.6 is 22.6 Å². The smallest absolute Gasteiger partial charge is 0.240 e. The molecule has 0 spiro atoms. The van der Waals surface area contributed by atoms with Crippen LogP contribution in [-0.2, 0) is 0 Å². The molecule has 0 N–H and O–H groups in total. The molecule has 0 unspecified atom stereocenters. The normalized spacial score (nSPS) is 17.8. The molecule has 0 saturated carbocycles. The van der Waals surface area contributed by atoms with Crippen molar-refractivity contribution in [3.05, 3.63) is 9.26 Å². The Balaban J connectivity index is 2.18. The fourth-order valence-electron chi connectivity index (χ4n) is 1.64. The van der Waals surface area contributed by atoms with E-state index in [-0.39, 0.29) is 0 Å². The summed E-state index contributed by atoms with van der Waals surface area (Å²) in [5, 5.41) is 3.97. The number of nitrogens with zero attached hydrogens (tertiary/aromatic N) is 2. The average molecular weight is 292 g/mol. The zero-order valence-corrected chi connectivity index (χ0v) is 9.87. The maximum Gasteiger partial charge on any atom is 0.240 e. The standard InChI is InChI=1S/C9H13IN2O/c1-7-8(10)9(13-11-7)12-5-3-2-4-6-12/h2-6H2,1H3. The molecule has 0 aliphatic carbocycles. The number of anilines is 1. The van der Waals surface area contributed by atoms with Gasteiger partial charge < -0.3 is 9.42 Å². The largest absolute Gasteiger partial charge is 0.340 e. The number of rotatable bonds is 1. The van der Waals surface area contributed by atoms with Crippen molar-refractivity contribution < 1.29 is 4.52 Å². The molecule has 0 aromatic carbocycles. The molecule has 1 fully saturated rings. The molecular weight excluding hydrogens is 279 g/mol. The minimum atomic E-state index is 0.970. The van der Waals surface area contributed by atoms with Gasteiger partial charge in [0.15, 0.2) is 0 Å². The summed E-state index contributed by atoms with van der Waals surface area (Å²) in [5.74, 6) is 0.970. The van der Waals surface area contributed by atoms with Crippen LogP contribution in [0.5, 0.6) is 0 Å². The van der Waals surface area contributed by atoms with E-state index in [4.69, 9.17) is 4.52 Å². The second-order valence-electron chi connectivity index (χ2n) is 3.43. The molecule has 1 saturated heterocycles. The third kappa shape index (κ3) is 1.82. The third-order valence-electron chi connectivity index (χ3n) is 2.42. The fourth-order valence-corrected chi connectivity index (χ4v) is 2.18. The molecule has 1 aromatic rings. The van der Waals surface area contributed by atoms with E-state index in [2.05, 4.69) is 32.6 Å². The second kappa shape index (κ2) is 3.86. The molecule has 4 heteroatoms. The van der Waals surface area contributed by atoms with Crippen LogP contribution in [0.4, 0.5) is 5.88 Å². The van der Waals surface area contributed by atoms with Crippen molar-refractivity contribution in [1.82, 2.24) is 5.16 Å². The van der Waals surface area contributed by atoms with Crippen molar-refractivity contribution in [3.63, 3.8) is 0 Å². The molecule has 13 heavy (non-hydrogen) atoms. The Morgan fingerprint density at radius 2 is 2.00 bits per heavy atom. The van der Waals surface area contributed by atoms with E-state index in [9.17, 15) is 0 Å². The van der Waals surface area contributed by atoms with Crippen molar-refractivity contribution in [2.75, 3.05) is 18.0 Å². The van der Waals surface area contributed by atoms with Gasteiger partial charge in [0.2, 0.25) is 5.88 Å². The van der Waals surface area contributed by atoms with E-state index < -0.39 is 0 Å². The predicted molar refractivity (Wildman–Crippen MR) is 60.0 cm³/mol. The van der Waals surface area contributed by atoms with Crippen molar-refractivity contribution >= 4 is 28.5 Å². The zero-order chi connectivity index (χ0) is 9.26. The van der Waals surface area contributed by atoms with E-state index in [1.165, 1.54) is 22.8 Å². The van der Waals surface area contributed by atoms with Gasteiger partial charge in [-0.05, 0) is 48.8 Å². The predicted octanol–water partition coefficient (Wildman–Crippen LogP) is 2.58. The number of aryl methyl sites for hydroxylation is 1. The summed E-state index contributed by atoms with van der Waals surface area (Å²) in [6, 6.07) is 0. The number of piperidine rings is 1. The van der Waals surface area contributed by atoms with Crippen LogP contribution < -0.4 is 4.90 Å². The first kappa shape index (κ1) is 9.30. The molecule has 3 nitrogen and oxygen atoms in total. The van der Waals surface area contributed by atoms with Crippen LogP contribution in [0, 0.1) is 10.5 Å². The summed E-state index contributed by atoms with van der Waals surface area (Å²) >= 11 is 2.30. The van der Waals surface area contributed by atoms with Gasteiger partial charge in [0, 0.05) is 13.1 Å². The number of hydrogen-bond donors (Lipinski definition) is 0. The molecule has 1 aliphatic heterocycles. The SMILES string of the molecule is Cc1noc(N2CCCCC2)c1I. The minimum absolute atomic E-state index is 0.970. The Bertz CT molecular complexity index is 292. The highest BCUT2D eigenvalue weighted by Gasteiger charge is 2.19. The minimum Gasteiger partial charge on any atom is -0.340 e. The van der Waals surface area contributed by atoms with E-state index in [1.807, 2.05) is 6.92 Å². The van der Waals surface area contributed by atoms with E-state index >= 15 is 0 Å². The lowest BCUT2D eigenvalue weighted by Crippen LogP contribution is -2.29. The lowest BCUT2D eigenvalue weighted by Gasteiger charge is -2.25. The second-order valence-corrected chi connectivity index (χ2v) is 4.51. The van der Waals surface area contributed by atoms with Crippen molar-refractivity contribution in [1.29, 1.82) is 0 Å². The van der Waals surface area contributed by atoms with Gasteiger partial charge in [-0.15, -0.1) is 0 Å². The molecule has 0 atom stereocenters. The number of hydrogen-bond acceptors (Lipinski definition) is 3. The van der Waals surface area contributed by atoms with Gasteiger partial charge in [0.05, 0.1) is 5.69 Å².